The maximum absolute atomic E-state index is 4.52. The van der Waals surface area contributed by atoms with Crippen molar-refractivity contribution in [3.05, 3.63) is 47.8 Å². The van der Waals surface area contributed by atoms with Crippen molar-refractivity contribution in [2.45, 2.75) is 46.2 Å². The predicted molar refractivity (Wildman–Crippen MR) is 81.6 cm³/mol. The van der Waals surface area contributed by atoms with Gasteiger partial charge >= 0.3 is 0 Å². The van der Waals surface area contributed by atoms with E-state index in [0.29, 0.717) is 0 Å². The first-order valence-corrected chi connectivity index (χ1v) is 7.40. The van der Waals surface area contributed by atoms with Gasteiger partial charge in [-0.15, -0.1) is 0 Å². The fourth-order valence-electron chi connectivity index (χ4n) is 2.43. The molecule has 0 aliphatic carbocycles. The average molecular weight is 272 g/mol. The molecule has 0 spiro atoms. The molecule has 1 N–H and O–H groups in total. The van der Waals surface area contributed by atoms with Crippen LogP contribution in [-0.4, -0.2) is 21.1 Å². The van der Waals surface area contributed by atoms with Crippen molar-refractivity contribution in [3.8, 4) is 0 Å². The molecule has 0 saturated heterocycles. The Balaban J connectivity index is 2.18. The minimum absolute atomic E-state index is 0.220. The number of hydrogen-bond donors (Lipinski definition) is 1. The average Bonchev–Trinajstić information content (AvgIpc) is 2.86. The maximum atomic E-state index is 4.52. The fraction of sp³-hybridized carbons (Fsp3) is 0.500. The lowest BCUT2D eigenvalue weighted by Gasteiger charge is -2.18. The van der Waals surface area contributed by atoms with Crippen LogP contribution in [0.5, 0.6) is 0 Å². The third-order valence-electron chi connectivity index (χ3n) is 3.40. The van der Waals surface area contributed by atoms with E-state index >= 15 is 0 Å². The van der Waals surface area contributed by atoms with Gasteiger partial charge in [-0.3, -0.25) is 4.98 Å². The topological polar surface area (TPSA) is 42.7 Å². The number of nitrogens with one attached hydrogen (secondary N) is 1. The van der Waals surface area contributed by atoms with Gasteiger partial charge in [0.25, 0.3) is 0 Å². The van der Waals surface area contributed by atoms with E-state index in [0.717, 1.165) is 37.4 Å². The molecule has 1 atom stereocenters. The summed E-state index contributed by atoms with van der Waals surface area (Å²) in [7, 11) is 0. The van der Waals surface area contributed by atoms with E-state index in [4.69, 9.17) is 0 Å². The third kappa shape index (κ3) is 3.67. The number of nitrogens with zero attached hydrogens (tertiary/aromatic N) is 3. The maximum Gasteiger partial charge on any atom is 0.110 e. The molecule has 0 fully saturated rings. The quantitative estimate of drug-likeness (QED) is 0.842. The van der Waals surface area contributed by atoms with Gasteiger partial charge in [0, 0.05) is 31.6 Å². The number of likely N-dealkylation sites (N-methyl/N-ethyl adjacent to an activating group) is 1. The van der Waals surface area contributed by atoms with E-state index < -0.39 is 0 Å². The standard InChI is InChI=1S/C16H24N4/c1-4-9-20-10-8-19-16(20)12-15(17-5-2)14-11-13(3)6-7-18-14/h6-8,10-11,15,17H,4-5,9,12H2,1-3H3. The zero-order valence-electron chi connectivity index (χ0n) is 12.6. The van der Waals surface area contributed by atoms with Crippen LogP contribution in [0.3, 0.4) is 0 Å². The molecule has 1 unspecified atom stereocenters. The first-order valence-electron chi connectivity index (χ1n) is 7.40. The largest absolute Gasteiger partial charge is 0.335 e. The van der Waals surface area contributed by atoms with E-state index in [1.807, 2.05) is 18.5 Å². The second-order valence-corrected chi connectivity index (χ2v) is 5.11. The molecule has 0 aromatic carbocycles. The first-order chi connectivity index (χ1) is 9.74. The van der Waals surface area contributed by atoms with Gasteiger partial charge in [-0.25, -0.2) is 4.98 Å². The Hall–Kier alpha value is -1.68. The van der Waals surface area contributed by atoms with Gasteiger partial charge in [0.1, 0.15) is 5.82 Å². The number of rotatable bonds is 7. The van der Waals surface area contributed by atoms with Crippen molar-refractivity contribution in [1.29, 1.82) is 0 Å². The fourth-order valence-corrected chi connectivity index (χ4v) is 2.43. The van der Waals surface area contributed by atoms with Crippen molar-refractivity contribution in [3.63, 3.8) is 0 Å². The molecular weight excluding hydrogens is 248 g/mol. The molecule has 4 nitrogen and oxygen atoms in total. The Kier molecular flexibility index (Phi) is 5.30. The van der Waals surface area contributed by atoms with Gasteiger partial charge in [0.05, 0.1) is 11.7 Å². The van der Waals surface area contributed by atoms with Crippen molar-refractivity contribution in [2.75, 3.05) is 6.54 Å². The SMILES string of the molecule is CCCn1ccnc1CC(NCC)c1cc(C)ccn1. The van der Waals surface area contributed by atoms with Crippen LogP contribution in [0.25, 0.3) is 0 Å². The summed E-state index contributed by atoms with van der Waals surface area (Å²) in [4.78, 5) is 9.02. The van der Waals surface area contributed by atoms with Crippen molar-refractivity contribution in [2.24, 2.45) is 0 Å². The second-order valence-electron chi connectivity index (χ2n) is 5.11. The molecule has 2 aromatic rings. The van der Waals surface area contributed by atoms with Crippen LogP contribution in [0.4, 0.5) is 0 Å². The molecule has 108 valence electrons. The van der Waals surface area contributed by atoms with E-state index in [9.17, 15) is 0 Å². The summed E-state index contributed by atoms with van der Waals surface area (Å²) in [5.41, 5.74) is 2.34. The Labute approximate surface area is 121 Å². The highest BCUT2D eigenvalue weighted by atomic mass is 15.1. The van der Waals surface area contributed by atoms with Gasteiger partial charge in [-0.2, -0.15) is 0 Å². The predicted octanol–water partition coefficient (Wildman–Crippen LogP) is 2.89. The summed E-state index contributed by atoms with van der Waals surface area (Å²) < 4.78 is 2.24. The van der Waals surface area contributed by atoms with Crippen molar-refractivity contribution < 1.29 is 0 Å². The molecule has 2 heterocycles. The Morgan fingerprint density at radius 2 is 2.10 bits per heavy atom. The molecule has 0 radical (unpaired) electrons. The van der Waals surface area contributed by atoms with Crippen LogP contribution in [0.2, 0.25) is 0 Å². The van der Waals surface area contributed by atoms with Crippen LogP contribution in [0.1, 0.15) is 43.4 Å². The lowest BCUT2D eigenvalue weighted by atomic mass is 10.1. The summed E-state index contributed by atoms with van der Waals surface area (Å²) >= 11 is 0. The number of pyridine rings is 1. The molecule has 0 aliphatic rings. The molecule has 0 saturated carbocycles. The van der Waals surface area contributed by atoms with Crippen LogP contribution in [0, 0.1) is 6.92 Å². The summed E-state index contributed by atoms with van der Waals surface area (Å²) in [6.07, 6.45) is 7.83. The minimum atomic E-state index is 0.220. The van der Waals surface area contributed by atoms with E-state index in [2.05, 4.69) is 52.9 Å². The molecule has 20 heavy (non-hydrogen) atoms. The van der Waals surface area contributed by atoms with Gasteiger partial charge in [0.15, 0.2) is 0 Å². The minimum Gasteiger partial charge on any atom is -0.335 e. The molecule has 2 aromatic heterocycles. The van der Waals surface area contributed by atoms with Crippen LogP contribution >= 0.6 is 0 Å². The highest BCUT2D eigenvalue weighted by Crippen LogP contribution is 2.17. The molecular formula is C16H24N4. The lowest BCUT2D eigenvalue weighted by Crippen LogP contribution is -2.25. The van der Waals surface area contributed by atoms with Gasteiger partial charge < -0.3 is 9.88 Å². The Morgan fingerprint density at radius 3 is 2.80 bits per heavy atom. The highest BCUT2D eigenvalue weighted by molar-refractivity contribution is 5.18. The number of aryl methyl sites for hydroxylation is 2. The third-order valence-corrected chi connectivity index (χ3v) is 3.40. The zero-order valence-corrected chi connectivity index (χ0v) is 12.6. The molecule has 4 heteroatoms. The van der Waals surface area contributed by atoms with Gasteiger partial charge in [0.2, 0.25) is 0 Å². The second kappa shape index (κ2) is 7.20. The zero-order chi connectivity index (χ0) is 14.4. The van der Waals surface area contributed by atoms with Crippen LogP contribution in [-0.2, 0) is 13.0 Å². The first kappa shape index (κ1) is 14.7. The van der Waals surface area contributed by atoms with E-state index in [1.54, 1.807) is 0 Å². The molecule has 2 rings (SSSR count). The normalized spacial score (nSPS) is 12.6. The molecule has 0 bridgehead atoms. The van der Waals surface area contributed by atoms with Crippen LogP contribution < -0.4 is 5.32 Å². The molecule has 0 amide bonds. The van der Waals surface area contributed by atoms with Gasteiger partial charge in [-0.1, -0.05) is 13.8 Å². The lowest BCUT2D eigenvalue weighted by molar-refractivity contribution is 0.506. The molecule has 0 aliphatic heterocycles. The number of imidazole rings is 1. The van der Waals surface area contributed by atoms with Crippen molar-refractivity contribution in [1.82, 2.24) is 19.9 Å². The summed E-state index contributed by atoms with van der Waals surface area (Å²) in [5, 5.41) is 3.52. The van der Waals surface area contributed by atoms with Crippen molar-refractivity contribution >= 4 is 0 Å². The van der Waals surface area contributed by atoms with E-state index in [-0.39, 0.29) is 6.04 Å². The van der Waals surface area contributed by atoms with E-state index in [1.165, 1.54) is 5.56 Å². The Bertz CT molecular complexity index is 533. The van der Waals surface area contributed by atoms with Crippen LogP contribution in [0.15, 0.2) is 30.7 Å². The Morgan fingerprint density at radius 1 is 1.25 bits per heavy atom. The summed E-state index contributed by atoms with van der Waals surface area (Å²) in [5.74, 6) is 1.13. The monoisotopic (exact) mass is 272 g/mol. The number of aromatic nitrogens is 3. The summed E-state index contributed by atoms with van der Waals surface area (Å²) in [6.45, 7) is 8.37. The number of hydrogen-bond acceptors (Lipinski definition) is 3. The highest BCUT2D eigenvalue weighted by Gasteiger charge is 2.15. The van der Waals surface area contributed by atoms with Gasteiger partial charge in [-0.05, 0) is 37.6 Å². The summed E-state index contributed by atoms with van der Waals surface area (Å²) in [6, 6.07) is 4.41. The smallest absolute Gasteiger partial charge is 0.110 e.